The lowest BCUT2D eigenvalue weighted by Gasteiger charge is -2.06. The number of hydrogen-bond donors (Lipinski definition) is 2. The van der Waals surface area contributed by atoms with Crippen molar-refractivity contribution in [3.05, 3.63) is 71.4 Å². The van der Waals surface area contributed by atoms with Crippen LogP contribution in [0.2, 0.25) is 0 Å². The number of nitriles is 1. The number of H-pyrrole nitrogens is 1. The molecule has 3 rings (SSSR count). The number of carbonyl (C=O) groups is 2. The number of nitrogens with one attached hydrogen (secondary N) is 2. The third-order valence-corrected chi connectivity index (χ3v) is 3.98. The monoisotopic (exact) mass is 347 g/mol. The van der Waals surface area contributed by atoms with Crippen molar-refractivity contribution < 1.29 is 14.3 Å². The molecule has 0 fully saturated rings. The minimum Gasteiger partial charge on any atom is -0.452 e. The molecule has 0 unspecified atom stereocenters. The van der Waals surface area contributed by atoms with E-state index in [4.69, 9.17) is 10.00 Å². The average molecular weight is 347 g/mol. The molecule has 1 amide bonds. The first kappa shape index (κ1) is 17.2. The van der Waals surface area contributed by atoms with Crippen LogP contribution in [0.3, 0.4) is 0 Å². The number of carbonyl (C=O) groups excluding carboxylic acids is 2. The molecule has 2 N–H and O–H groups in total. The van der Waals surface area contributed by atoms with E-state index in [0.29, 0.717) is 24.1 Å². The molecule has 0 aliphatic carbocycles. The van der Waals surface area contributed by atoms with Gasteiger partial charge in [0.2, 0.25) is 0 Å². The molecule has 6 nitrogen and oxygen atoms in total. The van der Waals surface area contributed by atoms with Crippen molar-refractivity contribution >= 4 is 22.8 Å². The topological polar surface area (TPSA) is 95.0 Å². The minimum atomic E-state index is -0.596. The summed E-state index contributed by atoms with van der Waals surface area (Å²) in [6.45, 7) is 0.113. The van der Waals surface area contributed by atoms with Crippen molar-refractivity contribution in [1.82, 2.24) is 10.3 Å². The fraction of sp³-hybridized carbons (Fsp3) is 0.150. The van der Waals surface area contributed by atoms with Crippen LogP contribution in [-0.2, 0) is 16.0 Å². The van der Waals surface area contributed by atoms with Gasteiger partial charge in [-0.1, -0.05) is 18.2 Å². The Morgan fingerprint density at radius 2 is 1.88 bits per heavy atom. The Bertz CT molecular complexity index is 968. The van der Waals surface area contributed by atoms with E-state index in [1.807, 2.05) is 36.5 Å². The average Bonchev–Trinajstić information content (AvgIpc) is 3.09. The van der Waals surface area contributed by atoms with Crippen molar-refractivity contribution in [2.24, 2.45) is 0 Å². The molecule has 2 aromatic carbocycles. The second-order valence-corrected chi connectivity index (χ2v) is 5.72. The first-order valence-electron chi connectivity index (χ1n) is 8.16. The fourth-order valence-electron chi connectivity index (χ4n) is 2.62. The van der Waals surface area contributed by atoms with E-state index in [9.17, 15) is 9.59 Å². The van der Waals surface area contributed by atoms with Gasteiger partial charge in [0, 0.05) is 23.6 Å². The van der Waals surface area contributed by atoms with Crippen LogP contribution in [0.25, 0.3) is 10.9 Å². The number of esters is 1. The van der Waals surface area contributed by atoms with Gasteiger partial charge < -0.3 is 15.0 Å². The standard InChI is InChI=1S/C20H17N3O3/c21-11-14-5-7-15(8-6-14)20(25)26-13-19(24)22-10-9-16-12-23-18-4-2-1-3-17(16)18/h1-8,12,23H,9-10,13H2,(H,22,24). The largest absolute Gasteiger partial charge is 0.452 e. The molecule has 1 aromatic heterocycles. The van der Waals surface area contributed by atoms with Gasteiger partial charge in [-0.05, 0) is 42.3 Å². The molecule has 0 aliphatic rings. The Morgan fingerprint density at radius 3 is 2.65 bits per heavy atom. The first-order valence-corrected chi connectivity index (χ1v) is 8.16. The summed E-state index contributed by atoms with van der Waals surface area (Å²) in [4.78, 5) is 26.9. The lowest BCUT2D eigenvalue weighted by molar-refractivity contribution is -0.124. The van der Waals surface area contributed by atoms with Gasteiger partial charge in [-0.3, -0.25) is 4.79 Å². The summed E-state index contributed by atoms with van der Waals surface area (Å²) >= 11 is 0. The third kappa shape index (κ3) is 4.08. The molecular weight excluding hydrogens is 330 g/mol. The fourth-order valence-corrected chi connectivity index (χ4v) is 2.62. The molecule has 130 valence electrons. The number of amides is 1. The van der Waals surface area contributed by atoms with Crippen LogP contribution in [0, 0.1) is 11.3 Å². The quantitative estimate of drug-likeness (QED) is 0.670. The normalized spacial score (nSPS) is 10.3. The zero-order valence-corrected chi connectivity index (χ0v) is 14.0. The zero-order valence-electron chi connectivity index (χ0n) is 14.0. The summed E-state index contributed by atoms with van der Waals surface area (Å²) in [6.07, 6.45) is 2.61. The van der Waals surface area contributed by atoms with Gasteiger partial charge in [-0.2, -0.15) is 5.26 Å². The van der Waals surface area contributed by atoms with E-state index in [1.54, 1.807) is 0 Å². The van der Waals surface area contributed by atoms with E-state index in [1.165, 1.54) is 24.3 Å². The van der Waals surface area contributed by atoms with Crippen molar-refractivity contribution in [1.29, 1.82) is 5.26 Å². The number of aromatic nitrogens is 1. The highest BCUT2D eigenvalue weighted by Crippen LogP contribution is 2.17. The molecule has 0 bridgehead atoms. The smallest absolute Gasteiger partial charge is 0.338 e. The van der Waals surface area contributed by atoms with Gasteiger partial charge >= 0.3 is 5.97 Å². The molecule has 0 saturated heterocycles. The van der Waals surface area contributed by atoms with E-state index in [-0.39, 0.29) is 12.5 Å². The van der Waals surface area contributed by atoms with Crippen LogP contribution in [0.15, 0.2) is 54.7 Å². The Hall–Kier alpha value is -3.59. The maximum atomic E-state index is 11.9. The van der Waals surface area contributed by atoms with Crippen LogP contribution in [-0.4, -0.2) is 30.0 Å². The van der Waals surface area contributed by atoms with Gasteiger partial charge in [-0.15, -0.1) is 0 Å². The van der Waals surface area contributed by atoms with Gasteiger partial charge in [0.25, 0.3) is 5.91 Å². The molecule has 1 heterocycles. The number of para-hydroxylation sites is 1. The summed E-state index contributed by atoms with van der Waals surface area (Å²) in [5, 5.41) is 12.6. The Kier molecular flexibility index (Phi) is 5.30. The summed E-state index contributed by atoms with van der Waals surface area (Å²) < 4.78 is 4.98. The maximum absolute atomic E-state index is 11.9. The van der Waals surface area contributed by atoms with Crippen LogP contribution in [0.1, 0.15) is 21.5 Å². The van der Waals surface area contributed by atoms with E-state index >= 15 is 0 Å². The van der Waals surface area contributed by atoms with Crippen LogP contribution in [0.5, 0.6) is 0 Å². The van der Waals surface area contributed by atoms with Crippen LogP contribution < -0.4 is 5.32 Å². The second-order valence-electron chi connectivity index (χ2n) is 5.72. The molecule has 6 heteroatoms. The third-order valence-electron chi connectivity index (χ3n) is 3.98. The Morgan fingerprint density at radius 1 is 1.12 bits per heavy atom. The minimum absolute atomic E-state index is 0.301. The number of fused-ring (bicyclic) bond motifs is 1. The summed E-state index contributed by atoms with van der Waals surface area (Å²) in [5.41, 5.74) is 2.94. The Labute approximate surface area is 150 Å². The molecule has 26 heavy (non-hydrogen) atoms. The molecular formula is C20H17N3O3. The summed E-state index contributed by atoms with van der Waals surface area (Å²) in [7, 11) is 0. The van der Waals surface area contributed by atoms with Crippen LogP contribution in [0.4, 0.5) is 0 Å². The van der Waals surface area contributed by atoms with E-state index < -0.39 is 5.97 Å². The number of hydrogen-bond acceptors (Lipinski definition) is 4. The van der Waals surface area contributed by atoms with Crippen molar-refractivity contribution in [2.75, 3.05) is 13.2 Å². The summed E-state index contributed by atoms with van der Waals surface area (Å²) in [5.74, 6) is -0.951. The molecule has 0 radical (unpaired) electrons. The maximum Gasteiger partial charge on any atom is 0.338 e. The number of rotatable bonds is 6. The van der Waals surface area contributed by atoms with Gasteiger partial charge in [-0.25, -0.2) is 4.79 Å². The highest BCUT2D eigenvalue weighted by Gasteiger charge is 2.10. The second kappa shape index (κ2) is 7.99. The predicted octanol–water partition coefficient (Wildman–Crippen LogP) is 2.56. The van der Waals surface area contributed by atoms with Crippen molar-refractivity contribution in [2.45, 2.75) is 6.42 Å². The Balaban J connectivity index is 1.44. The summed E-state index contributed by atoms with van der Waals surface area (Å²) in [6, 6.07) is 16.0. The number of ether oxygens (including phenoxy) is 1. The number of benzene rings is 2. The van der Waals surface area contributed by atoms with Crippen molar-refractivity contribution in [3.63, 3.8) is 0 Å². The highest BCUT2D eigenvalue weighted by molar-refractivity contribution is 5.91. The molecule has 0 spiro atoms. The SMILES string of the molecule is N#Cc1ccc(C(=O)OCC(=O)NCCc2c[nH]c3ccccc23)cc1. The van der Waals surface area contributed by atoms with E-state index in [0.717, 1.165) is 16.5 Å². The van der Waals surface area contributed by atoms with Gasteiger partial charge in [0.05, 0.1) is 17.2 Å². The number of nitrogens with zero attached hydrogens (tertiary/aromatic N) is 1. The molecule has 3 aromatic rings. The zero-order chi connectivity index (χ0) is 18.4. The predicted molar refractivity (Wildman–Crippen MR) is 96.5 cm³/mol. The lowest BCUT2D eigenvalue weighted by atomic mass is 10.1. The first-order chi connectivity index (χ1) is 12.7. The van der Waals surface area contributed by atoms with Crippen LogP contribution >= 0.6 is 0 Å². The number of aromatic amines is 1. The molecule has 0 aliphatic heterocycles. The van der Waals surface area contributed by atoms with E-state index in [2.05, 4.69) is 10.3 Å². The molecule has 0 atom stereocenters. The lowest BCUT2D eigenvalue weighted by Crippen LogP contribution is -2.30. The van der Waals surface area contributed by atoms with Gasteiger partial charge in [0.1, 0.15) is 0 Å². The highest BCUT2D eigenvalue weighted by atomic mass is 16.5. The van der Waals surface area contributed by atoms with Crippen molar-refractivity contribution in [3.8, 4) is 6.07 Å². The van der Waals surface area contributed by atoms with Gasteiger partial charge in [0.15, 0.2) is 6.61 Å². The molecule has 0 saturated carbocycles.